The average molecular weight is 322 g/mol. The summed E-state index contributed by atoms with van der Waals surface area (Å²) in [5.74, 6) is 0.347. The molecule has 7 heteroatoms. The quantitative estimate of drug-likeness (QED) is 0.915. The van der Waals surface area contributed by atoms with Crippen molar-refractivity contribution in [2.45, 2.75) is 25.4 Å². The minimum Gasteiger partial charge on any atom is -0.444 e. The normalized spacial score (nSPS) is 19.0. The molecule has 3 rings (SSSR count). The van der Waals surface area contributed by atoms with Gasteiger partial charge in [-0.05, 0) is 31.4 Å². The molecule has 0 spiro atoms. The fourth-order valence-electron chi connectivity index (χ4n) is 2.51. The number of hydrogen-bond donors (Lipinski definition) is 1. The lowest BCUT2D eigenvalue weighted by Crippen LogP contribution is -2.31. The number of para-hydroxylation sites is 1. The van der Waals surface area contributed by atoms with Gasteiger partial charge >= 0.3 is 0 Å². The van der Waals surface area contributed by atoms with E-state index in [9.17, 15) is 8.42 Å². The molecule has 2 aromatic rings. The zero-order valence-electron chi connectivity index (χ0n) is 12.1. The molecule has 6 nitrogen and oxygen atoms in total. The molecule has 0 radical (unpaired) electrons. The molecule has 1 aliphatic rings. The molecule has 1 N–H and O–H groups in total. The van der Waals surface area contributed by atoms with Crippen molar-refractivity contribution in [1.82, 2.24) is 4.98 Å². The van der Waals surface area contributed by atoms with Gasteiger partial charge in [-0.3, -0.25) is 4.72 Å². The highest BCUT2D eigenvalue weighted by atomic mass is 32.2. The van der Waals surface area contributed by atoms with E-state index >= 15 is 0 Å². The summed E-state index contributed by atoms with van der Waals surface area (Å²) in [5, 5.41) is 0. The number of nitrogens with zero attached hydrogens (tertiary/aromatic N) is 1. The second kappa shape index (κ2) is 6.50. The van der Waals surface area contributed by atoms with Crippen molar-refractivity contribution < 1.29 is 17.6 Å². The number of hydrogen-bond acceptors (Lipinski definition) is 5. The Kier molecular flexibility index (Phi) is 4.44. The monoisotopic (exact) mass is 322 g/mol. The van der Waals surface area contributed by atoms with Crippen LogP contribution in [0.1, 0.15) is 19.3 Å². The molecule has 1 aromatic carbocycles. The second-order valence-electron chi connectivity index (χ2n) is 5.25. The standard InChI is InChI=1S/C15H18N2O4S/c18-22(19,11-12-5-3-4-9-20-12)17-14-7-2-1-6-13(14)15-16-8-10-21-15/h1-2,6-8,10,12,17H,3-5,9,11H2. The first-order valence-electron chi connectivity index (χ1n) is 7.25. The van der Waals surface area contributed by atoms with E-state index in [1.54, 1.807) is 18.2 Å². The van der Waals surface area contributed by atoms with Crippen molar-refractivity contribution in [3.05, 3.63) is 36.7 Å². The van der Waals surface area contributed by atoms with Crippen LogP contribution in [0, 0.1) is 0 Å². The van der Waals surface area contributed by atoms with Crippen molar-refractivity contribution in [1.29, 1.82) is 0 Å². The molecule has 22 heavy (non-hydrogen) atoms. The topological polar surface area (TPSA) is 81.4 Å². The van der Waals surface area contributed by atoms with Gasteiger partial charge in [-0.2, -0.15) is 0 Å². The molecule has 1 aliphatic heterocycles. The van der Waals surface area contributed by atoms with Gasteiger partial charge in [0.2, 0.25) is 15.9 Å². The molecule has 1 saturated heterocycles. The van der Waals surface area contributed by atoms with Crippen LogP contribution in [0.4, 0.5) is 5.69 Å². The Balaban J connectivity index is 1.77. The van der Waals surface area contributed by atoms with Crippen LogP contribution < -0.4 is 4.72 Å². The molecule has 0 bridgehead atoms. The van der Waals surface area contributed by atoms with Crippen LogP contribution in [0.3, 0.4) is 0 Å². The molecule has 1 aromatic heterocycles. The lowest BCUT2D eigenvalue weighted by atomic mass is 10.1. The van der Waals surface area contributed by atoms with Gasteiger partial charge in [-0.15, -0.1) is 0 Å². The van der Waals surface area contributed by atoms with E-state index in [0.29, 0.717) is 23.7 Å². The van der Waals surface area contributed by atoms with Gasteiger partial charge in [0.05, 0.1) is 29.3 Å². The third-order valence-electron chi connectivity index (χ3n) is 3.53. The highest BCUT2D eigenvalue weighted by Crippen LogP contribution is 2.27. The highest BCUT2D eigenvalue weighted by Gasteiger charge is 2.23. The predicted molar refractivity (Wildman–Crippen MR) is 82.9 cm³/mol. The fourth-order valence-corrected chi connectivity index (χ4v) is 3.86. The van der Waals surface area contributed by atoms with Crippen molar-refractivity contribution in [2.24, 2.45) is 0 Å². The summed E-state index contributed by atoms with van der Waals surface area (Å²) in [6, 6.07) is 7.03. The number of aromatic nitrogens is 1. The first kappa shape index (κ1) is 15.1. The van der Waals surface area contributed by atoms with Crippen molar-refractivity contribution in [3.63, 3.8) is 0 Å². The van der Waals surface area contributed by atoms with Crippen LogP contribution in [-0.2, 0) is 14.8 Å². The number of ether oxygens (including phenoxy) is 1. The third kappa shape index (κ3) is 3.66. The van der Waals surface area contributed by atoms with E-state index < -0.39 is 10.0 Å². The Hall–Kier alpha value is -1.86. The fraction of sp³-hybridized carbons (Fsp3) is 0.400. The number of nitrogens with one attached hydrogen (secondary N) is 1. The Labute approximate surface area is 129 Å². The smallest absolute Gasteiger partial charge is 0.235 e. The van der Waals surface area contributed by atoms with Crippen LogP contribution in [0.5, 0.6) is 0 Å². The molecule has 0 aliphatic carbocycles. The minimum atomic E-state index is -3.49. The summed E-state index contributed by atoms with van der Waals surface area (Å²) in [6.45, 7) is 0.632. The van der Waals surface area contributed by atoms with Crippen LogP contribution in [0.25, 0.3) is 11.5 Å². The molecule has 1 fully saturated rings. The van der Waals surface area contributed by atoms with Gasteiger partial charge in [0, 0.05) is 6.61 Å². The molecule has 1 unspecified atom stereocenters. The van der Waals surface area contributed by atoms with Crippen LogP contribution >= 0.6 is 0 Å². The largest absolute Gasteiger partial charge is 0.444 e. The average Bonchev–Trinajstić information content (AvgIpc) is 3.02. The molecule has 0 saturated carbocycles. The molecule has 1 atom stereocenters. The van der Waals surface area contributed by atoms with E-state index in [1.807, 2.05) is 6.07 Å². The lowest BCUT2D eigenvalue weighted by Gasteiger charge is -2.22. The summed E-state index contributed by atoms with van der Waals surface area (Å²) in [7, 11) is -3.49. The maximum atomic E-state index is 12.3. The van der Waals surface area contributed by atoms with E-state index in [4.69, 9.17) is 9.15 Å². The SMILES string of the molecule is O=S(=O)(CC1CCCCO1)Nc1ccccc1-c1ncco1. The summed E-state index contributed by atoms with van der Waals surface area (Å²) in [6.07, 6.45) is 5.53. The Bertz CT molecular complexity index is 707. The molecular weight excluding hydrogens is 304 g/mol. The van der Waals surface area contributed by atoms with Crippen molar-refractivity contribution >= 4 is 15.7 Å². The van der Waals surface area contributed by atoms with Gasteiger partial charge in [-0.25, -0.2) is 13.4 Å². The second-order valence-corrected chi connectivity index (χ2v) is 7.02. The van der Waals surface area contributed by atoms with E-state index in [2.05, 4.69) is 9.71 Å². The van der Waals surface area contributed by atoms with Crippen LogP contribution in [0.2, 0.25) is 0 Å². The maximum absolute atomic E-state index is 12.3. The molecule has 2 heterocycles. The number of rotatable bonds is 5. The first-order chi connectivity index (χ1) is 10.6. The third-order valence-corrected chi connectivity index (χ3v) is 4.88. The van der Waals surface area contributed by atoms with E-state index in [1.165, 1.54) is 12.5 Å². The number of anilines is 1. The van der Waals surface area contributed by atoms with Crippen LogP contribution in [-0.4, -0.2) is 31.9 Å². The van der Waals surface area contributed by atoms with Crippen LogP contribution in [0.15, 0.2) is 41.1 Å². The zero-order valence-corrected chi connectivity index (χ0v) is 12.9. The van der Waals surface area contributed by atoms with Gasteiger partial charge < -0.3 is 9.15 Å². The van der Waals surface area contributed by atoms with Gasteiger partial charge in [0.15, 0.2) is 0 Å². The summed E-state index contributed by atoms with van der Waals surface area (Å²) in [5.41, 5.74) is 1.07. The minimum absolute atomic E-state index is 0.0348. The van der Waals surface area contributed by atoms with E-state index in [0.717, 1.165) is 19.3 Å². The predicted octanol–water partition coefficient (Wildman–Crippen LogP) is 2.65. The Morgan fingerprint density at radius 3 is 2.86 bits per heavy atom. The lowest BCUT2D eigenvalue weighted by molar-refractivity contribution is 0.0306. The number of oxazole rings is 1. The van der Waals surface area contributed by atoms with Gasteiger partial charge in [-0.1, -0.05) is 12.1 Å². The number of benzene rings is 1. The van der Waals surface area contributed by atoms with E-state index in [-0.39, 0.29) is 11.9 Å². The first-order valence-corrected chi connectivity index (χ1v) is 8.90. The maximum Gasteiger partial charge on any atom is 0.235 e. The van der Waals surface area contributed by atoms with Gasteiger partial charge in [0.25, 0.3) is 0 Å². The molecule has 0 amide bonds. The molecular formula is C15H18N2O4S. The van der Waals surface area contributed by atoms with Crippen molar-refractivity contribution in [2.75, 3.05) is 17.1 Å². The Morgan fingerprint density at radius 2 is 2.14 bits per heavy atom. The number of sulfonamides is 1. The molecule has 118 valence electrons. The summed E-state index contributed by atoms with van der Waals surface area (Å²) < 4.78 is 38.1. The van der Waals surface area contributed by atoms with Crippen molar-refractivity contribution in [3.8, 4) is 11.5 Å². The highest BCUT2D eigenvalue weighted by molar-refractivity contribution is 7.92. The summed E-state index contributed by atoms with van der Waals surface area (Å²) in [4.78, 5) is 4.07. The van der Waals surface area contributed by atoms with Gasteiger partial charge in [0.1, 0.15) is 6.26 Å². The summed E-state index contributed by atoms with van der Waals surface area (Å²) >= 11 is 0. The Morgan fingerprint density at radius 1 is 1.27 bits per heavy atom. The zero-order chi connectivity index (χ0) is 15.4.